The first-order chi connectivity index (χ1) is 18.6. The van der Waals surface area contributed by atoms with E-state index < -0.39 is 20.1 Å². The van der Waals surface area contributed by atoms with Gasteiger partial charge in [-0.3, -0.25) is 9.19 Å². The van der Waals surface area contributed by atoms with Crippen molar-refractivity contribution in [3.8, 4) is 0 Å². The number of rotatable bonds is 8. The van der Waals surface area contributed by atoms with Gasteiger partial charge in [-0.15, -0.1) is 0 Å². The molecule has 206 valence electrons. The molecule has 5 rings (SSSR count). The largest absolute Gasteiger partial charge is 0.296 e. The Balaban J connectivity index is 1.33. The molecule has 0 amide bonds. The summed E-state index contributed by atoms with van der Waals surface area (Å²) < 4.78 is 58.6. The van der Waals surface area contributed by atoms with E-state index in [1.54, 1.807) is 54.6 Å². The summed E-state index contributed by atoms with van der Waals surface area (Å²) in [6.45, 7) is 5.18. The second kappa shape index (κ2) is 10.7. The Kier molecular flexibility index (Phi) is 7.47. The Hall–Kier alpha value is -3.32. The van der Waals surface area contributed by atoms with Crippen LogP contribution in [0.2, 0.25) is 0 Å². The number of hydrazine groups is 1. The third-order valence-electron chi connectivity index (χ3n) is 7.00. The van der Waals surface area contributed by atoms with Crippen molar-refractivity contribution in [2.45, 2.75) is 36.5 Å². The Morgan fingerprint density at radius 3 is 2.23 bits per heavy atom. The minimum absolute atomic E-state index is 0.00901. The van der Waals surface area contributed by atoms with Crippen molar-refractivity contribution < 1.29 is 21.0 Å². The molecule has 0 N–H and O–H groups in total. The van der Waals surface area contributed by atoms with Gasteiger partial charge in [0.05, 0.1) is 21.8 Å². The molecule has 0 radical (unpaired) electrons. The average Bonchev–Trinajstić information content (AvgIpc) is 3.38. The maximum atomic E-state index is 13.3. The van der Waals surface area contributed by atoms with Crippen LogP contribution in [0.4, 0.5) is 5.82 Å². The van der Waals surface area contributed by atoms with Crippen molar-refractivity contribution in [3.05, 3.63) is 78.2 Å². The van der Waals surface area contributed by atoms with Gasteiger partial charge in [-0.1, -0.05) is 35.4 Å². The quantitative estimate of drug-likeness (QED) is 0.293. The molecule has 0 saturated carbocycles. The smallest absolute Gasteiger partial charge is 0.292 e. The van der Waals surface area contributed by atoms with Crippen molar-refractivity contribution in [3.63, 3.8) is 0 Å². The number of nitrogens with zero attached hydrogens (tertiary/aromatic N) is 5. The van der Waals surface area contributed by atoms with E-state index in [1.807, 2.05) is 25.9 Å². The second-order valence-electron chi connectivity index (χ2n) is 9.86. The maximum absolute atomic E-state index is 13.3. The predicted octanol–water partition coefficient (Wildman–Crippen LogP) is 3.75. The summed E-state index contributed by atoms with van der Waals surface area (Å²) in [5.74, 6) is 0.553. The lowest BCUT2D eigenvalue weighted by molar-refractivity contribution is 0.127. The van der Waals surface area contributed by atoms with Gasteiger partial charge >= 0.3 is 0 Å². The van der Waals surface area contributed by atoms with Gasteiger partial charge in [0, 0.05) is 26.3 Å². The first-order valence-corrected chi connectivity index (χ1v) is 15.5. The van der Waals surface area contributed by atoms with E-state index in [0.717, 1.165) is 30.5 Å². The van der Waals surface area contributed by atoms with E-state index >= 15 is 0 Å². The SMILES string of the molecule is Cc1ccc(S(=O)(=O)OCC2CCCN(N(C)c3ncnc4c3ccn4S(=O)(=O)c3ccc(C)cc3)C2)cc1. The highest BCUT2D eigenvalue weighted by molar-refractivity contribution is 7.90. The zero-order valence-corrected chi connectivity index (χ0v) is 23.7. The highest BCUT2D eigenvalue weighted by Gasteiger charge is 2.28. The van der Waals surface area contributed by atoms with Crippen LogP contribution >= 0.6 is 0 Å². The van der Waals surface area contributed by atoms with Crippen LogP contribution in [0.25, 0.3) is 11.0 Å². The zero-order chi connectivity index (χ0) is 27.8. The molecule has 10 nitrogen and oxygen atoms in total. The topological polar surface area (TPSA) is 115 Å². The van der Waals surface area contributed by atoms with E-state index in [-0.39, 0.29) is 28.0 Å². The number of fused-ring (bicyclic) bond motifs is 1. The fraction of sp³-hybridized carbons (Fsp3) is 0.333. The normalized spacial score (nSPS) is 16.9. The van der Waals surface area contributed by atoms with Gasteiger partial charge in [0.2, 0.25) is 0 Å². The number of aromatic nitrogens is 3. The maximum Gasteiger partial charge on any atom is 0.296 e. The van der Waals surface area contributed by atoms with Gasteiger partial charge in [-0.05, 0) is 62.9 Å². The average molecular weight is 570 g/mol. The van der Waals surface area contributed by atoms with E-state index in [2.05, 4.69) is 15.0 Å². The van der Waals surface area contributed by atoms with E-state index in [0.29, 0.717) is 17.7 Å². The van der Waals surface area contributed by atoms with Crippen LogP contribution in [0.15, 0.2) is 76.9 Å². The number of piperidine rings is 1. The molecule has 1 aliphatic rings. The molecule has 3 heterocycles. The van der Waals surface area contributed by atoms with Crippen molar-refractivity contribution in [2.24, 2.45) is 5.92 Å². The molecule has 39 heavy (non-hydrogen) atoms. The van der Waals surface area contributed by atoms with Gasteiger partial charge in [0.25, 0.3) is 20.1 Å². The summed E-state index contributed by atoms with van der Waals surface area (Å²) in [6.07, 6.45) is 4.53. The van der Waals surface area contributed by atoms with Crippen LogP contribution in [0, 0.1) is 19.8 Å². The highest BCUT2D eigenvalue weighted by atomic mass is 32.2. The van der Waals surface area contributed by atoms with Crippen LogP contribution in [0.3, 0.4) is 0 Å². The summed E-state index contributed by atoms with van der Waals surface area (Å²) >= 11 is 0. The van der Waals surface area contributed by atoms with E-state index in [1.165, 1.54) is 16.5 Å². The van der Waals surface area contributed by atoms with Gasteiger partial charge in [-0.2, -0.15) is 8.42 Å². The Bertz CT molecular complexity index is 1680. The van der Waals surface area contributed by atoms with Crippen molar-refractivity contribution >= 4 is 37.0 Å². The molecular formula is C27H31N5O5S2. The van der Waals surface area contributed by atoms with Crippen molar-refractivity contribution in [1.82, 2.24) is 18.9 Å². The molecule has 2 aromatic carbocycles. The third-order valence-corrected chi connectivity index (χ3v) is 9.98. The number of aryl methyl sites for hydroxylation is 2. The van der Waals surface area contributed by atoms with Crippen LogP contribution in [-0.2, 0) is 24.3 Å². The molecule has 0 spiro atoms. The minimum atomic E-state index is -3.84. The molecule has 1 unspecified atom stereocenters. The van der Waals surface area contributed by atoms with Gasteiger partial charge in [0.1, 0.15) is 6.33 Å². The lowest BCUT2D eigenvalue weighted by atomic mass is 10.0. The molecule has 0 bridgehead atoms. The third kappa shape index (κ3) is 5.55. The minimum Gasteiger partial charge on any atom is -0.292 e. The first kappa shape index (κ1) is 27.3. The molecule has 1 aliphatic heterocycles. The molecule has 1 atom stereocenters. The Labute approximate surface area is 229 Å². The Morgan fingerprint density at radius 2 is 1.56 bits per heavy atom. The summed E-state index contributed by atoms with van der Waals surface area (Å²) in [6, 6.07) is 15.0. The second-order valence-corrected chi connectivity index (χ2v) is 13.3. The van der Waals surface area contributed by atoms with Crippen LogP contribution in [-0.4, -0.2) is 62.5 Å². The summed E-state index contributed by atoms with van der Waals surface area (Å²) in [4.78, 5) is 9.07. The fourth-order valence-electron chi connectivity index (χ4n) is 4.73. The molecule has 4 aromatic rings. The van der Waals surface area contributed by atoms with Crippen LogP contribution < -0.4 is 5.01 Å². The number of hydrogen-bond donors (Lipinski definition) is 0. The molecule has 2 aromatic heterocycles. The summed E-state index contributed by atoms with van der Waals surface area (Å²) in [7, 11) is -5.82. The van der Waals surface area contributed by atoms with Gasteiger partial charge < -0.3 is 0 Å². The van der Waals surface area contributed by atoms with E-state index in [9.17, 15) is 16.8 Å². The number of anilines is 1. The zero-order valence-electron chi connectivity index (χ0n) is 22.1. The summed E-state index contributed by atoms with van der Waals surface area (Å²) in [5.41, 5.74) is 2.23. The predicted molar refractivity (Wildman–Crippen MR) is 148 cm³/mol. The molecular weight excluding hydrogens is 538 g/mol. The van der Waals surface area contributed by atoms with E-state index in [4.69, 9.17) is 4.18 Å². The van der Waals surface area contributed by atoms with Gasteiger partial charge in [0.15, 0.2) is 11.5 Å². The molecule has 1 fully saturated rings. The lowest BCUT2D eigenvalue weighted by Gasteiger charge is -2.39. The molecule has 1 saturated heterocycles. The highest BCUT2D eigenvalue weighted by Crippen LogP contribution is 2.29. The fourth-order valence-corrected chi connectivity index (χ4v) is 7.01. The van der Waals surface area contributed by atoms with Crippen LogP contribution in [0.1, 0.15) is 24.0 Å². The Morgan fingerprint density at radius 1 is 0.923 bits per heavy atom. The number of benzene rings is 2. The number of hydrogen-bond acceptors (Lipinski definition) is 9. The van der Waals surface area contributed by atoms with Crippen molar-refractivity contribution in [1.29, 1.82) is 0 Å². The monoisotopic (exact) mass is 569 g/mol. The molecule has 0 aliphatic carbocycles. The van der Waals surface area contributed by atoms with Crippen molar-refractivity contribution in [2.75, 3.05) is 31.8 Å². The standard InChI is InChI=1S/C27H31N5O5S2/c1-20-6-10-23(11-7-20)38(33,34)32-16-14-25-26(28-19-29-27(25)32)30(3)31-15-4-5-22(17-31)18-37-39(35,36)24-12-8-21(2)9-13-24/h6-14,16,19,22H,4-5,15,17-18H2,1-3H3. The lowest BCUT2D eigenvalue weighted by Crippen LogP contribution is -2.47. The van der Waals surface area contributed by atoms with Crippen LogP contribution in [0.5, 0.6) is 0 Å². The summed E-state index contributed by atoms with van der Waals surface area (Å²) in [5, 5.41) is 4.55. The van der Waals surface area contributed by atoms with Gasteiger partial charge in [-0.25, -0.2) is 27.4 Å². The molecule has 12 heteroatoms. The first-order valence-electron chi connectivity index (χ1n) is 12.7.